The zero-order valence-corrected chi connectivity index (χ0v) is 13.1. The van der Waals surface area contributed by atoms with Crippen molar-refractivity contribution in [3.63, 3.8) is 0 Å². The fraction of sp³-hybridized carbons (Fsp3) is 0.353. The molecule has 3 rings (SSSR count). The summed E-state index contributed by atoms with van der Waals surface area (Å²) in [6.45, 7) is 2.37. The maximum Gasteiger partial charge on any atom is 0.101 e. The number of anilines is 2. The lowest BCUT2D eigenvalue weighted by atomic mass is 10.0. The number of nitriles is 1. The smallest absolute Gasteiger partial charge is 0.101 e. The van der Waals surface area contributed by atoms with Crippen molar-refractivity contribution in [2.75, 3.05) is 23.3 Å². The Hall–Kier alpha value is -2.03. The van der Waals surface area contributed by atoms with Crippen molar-refractivity contribution in [2.24, 2.45) is 0 Å². The Balaban J connectivity index is 1.72. The number of piperidine rings is 1. The van der Waals surface area contributed by atoms with E-state index in [1.165, 1.54) is 5.56 Å². The van der Waals surface area contributed by atoms with E-state index >= 15 is 0 Å². The van der Waals surface area contributed by atoms with Crippen molar-refractivity contribution in [2.45, 2.75) is 25.5 Å². The zero-order chi connectivity index (χ0) is 15.4. The van der Waals surface area contributed by atoms with Gasteiger partial charge in [-0.15, -0.1) is 0 Å². The van der Waals surface area contributed by atoms with Crippen LogP contribution in [0.15, 0.2) is 35.0 Å². The fourth-order valence-corrected chi connectivity index (χ4v) is 3.38. The van der Waals surface area contributed by atoms with Crippen LogP contribution in [0.3, 0.4) is 0 Å². The van der Waals surface area contributed by atoms with Crippen LogP contribution in [0.4, 0.5) is 11.4 Å². The molecule has 2 N–H and O–H groups in total. The van der Waals surface area contributed by atoms with Gasteiger partial charge in [-0.2, -0.15) is 16.6 Å². The third-order valence-electron chi connectivity index (χ3n) is 4.00. The number of hydrogen-bond donors (Lipinski definition) is 2. The standard InChI is InChI=1S/C17H19N3OS/c18-10-14-9-15(19-11-13-5-8-22-12-13)1-2-17(14)20-6-3-16(21)4-7-20/h1-2,5,8-9,12,16,19,21H,3-4,6-7,11H2. The third-order valence-corrected chi connectivity index (χ3v) is 4.73. The topological polar surface area (TPSA) is 59.3 Å². The van der Waals surface area contributed by atoms with E-state index in [-0.39, 0.29) is 6.10 Å². The molecule has 0 unspecified atom stereocenters. The average molecular weight is 313 g/mol. The first kappa shape index (κ1) is 14.9. The first-order valence-electron chi connectivity index (χ1n) is 7.48. The Bertz CT molecular complexity index is 655. The van der Waals surface area contributed by atoms with Gasteiger partial charge in [0, 0.05) is 25.3 Å². The molecule has 0 bridgehead atoms. The maximum absolute atomic E-state index is 9.60. The number of aliphatic hydroxyl groups excluding tert-OH is 1. The number of nitrogens with one attached hydrogen (secondary N) is 1. The summed E-state index contributed by atoms with van der Waals surface area (Å²) in [5.41, 5.74) is 3.86. The van der Waals surface area contributed by atoms with Crippen molar-refractivity contribution in [3.8, 4) is 6.07 Å². The van der Waals surface area contributed by atoms with Gasteiger partial charge in [0.15, 0.2) is 0 Å². The van der Waals surface area contributed by atoms with E-state index < -0.39 is 0 Å². The number of nitrogens with zero attached hydrogens (tertiary/aromatic N) is 2. The molecule has 1 aliphatic rings. The summed E-state index contributed by atoms with van der Waals surface area (Å²) in [4.78, 5) is 2.19. The predicted octanol–water partition coefficient (Wildman–Crippen LogP) is 3.19. The van der Waals surface area contributed by atoms with Crippen LogP contribution in [-0.2, 0) is 6.54 Å². The van der Waals surface area contributed by atoms with Crippen LogP contribution in [0.5, 0.6) is 0 Å². The summed E-state index contributed by atoms with van der Waals surface area (Å²) in [7, 11) is 0. The van der Waals surface area contributed by atoms with Crippen LogP contribution < -0.4 is 10.2 Å². The molecule has 0 radical (unpaired) electrons. The highest BCUT2D eigenvalue weighted by Crippen LogP contribution is 2.27. The highest BCUT2D eigenvalue weighted by atomic mass is 32.1. The number of rotatable bonds is 4. The van der Waals surface area contributed by atoms with E-state index in [2.05, 4.69) is 33.1 Å². The monoisotopic (exact) mass is 313 g/mol. The molecule has 5 heteroatoms. The number of aliphatic hydroxyl groups is 1. The minimum absolute atomic E-state index is 0.201. The van der Waals surface area contributed by atoms with Crippen LogP contribution in [0.2, 0.25) is 0 Å². The van der Waals surface area contributed by atoms with Gasteiger partial charge in [0.2, 0.25) is 0 Å². The molecule has 0 aliphatic carbocycles. The molecule has 2 heterocycles. The van der Waals surface area contributed by atoms with E-state index in [9.17, 15) is 10.4 Å². The molecular formula is C17H19N3OS. The molecule has 1 aliphatic heterocycles. The first-order chi connectivity index (χ1) is 10.8. The number of hydrogen-bond acceptors (Lipinski definition) is 5. The van der Waals surface area contributed by atoms with Gasteiger partial charge in [0.1, 0.15) is 6.07 Å². The zero-order valence-electron chi connectivity index (χ0n) is 12.3. The van der Waals surface area contributed by atoms with Gasteiger partial charge in [-0.3, -0.25) is 0 Å². The van der Waals surface area contributed by atoms with Crippen molar-refractivity contribution in [1.82, 2.24) is 0 Å². The molecule has 1 aromatic heterocycles. The molecule has 0 saturated carbocycles. The Morgan fingerprint density at radius 1 is 1.32 bits per heavy atom. The highest BCUT2D eigenvalue weighted by molar-refractivity contribution is 7.07. The summed E-state index contributed by atoms with van der Waals surface area (Å²) < 4.78 is 0. The fourth-order valence-electron chi connectivity index (χ4n) is 2.72. The lowest BCUT2D eigenvalue weighted by Gasteiger charge is -2.32. The minimum atomic E-state index is -0.201. The Kier molecular flexibility index (Phi) is 4.62. The molecular weight excluding hydrogens is 294 g/mol. The normalized spacial score (nSPS) is 15.5. The van der Waals surface area contributed by atoms with E-state index in [1.807, 2.05) is 18.2 Å². The van der Waals surface area contributed by atoms with E-state index in [4.69, 9.17) is 0 Å². The predicted molar refractivity (Wildman–Crippen MR) is 90.3 cm³/mol. The quantitative estimate of drug-likeness (QED) is 0.910. The van der Waals surface area contributed by atoms with Crippen LogP contribution in [0.25, 0.3) is 0 Å². The molecule has 4 nitrogen and oxygen atoms in total. The SMILES string of the molecule is N#Cc1cc(NCc2ccsc2)ccc1N1CCC(O)CC1. The third kappa shape index (κ3) is 3.41. The summed E-state index contributed by atoms with van der Waals surface area (Å²) in [5, 5.41) is 26.6. The van der Waals surface area contributed by atoms with E-state index in [0.717, 1.165) is 43.9 Å². The van der Waals surface area contributed by atoms with Crippen LogP contribution in [0, 0.1) is 11.3 Å². The summed E-state index contributed by atoms with van der Waals surface area (Å²) >= 11 is 1.68. The Morgan fingerprint density at radius 3 is 2.82 bits per heavy atom. The minimum Gasteiger partial charge on any atom is -0.393 e. The molecule has 0 atom stereocenters. The molecule has 1 fully saturated rings. The highest BCUT2D eigenvalue weighted by Gasteiger charge is 2.19. The largest absolute Gasteiger partial charge is 0.393 e. The van der Waals surface area contributed by atoms with Gasteiger partial charge in [-0.1, -0.05) is 0 Å². The molecule has 2 aromatic rings. The van der Waals surface area contributed by atoms with Crippen molar-refractivity contribution in [3.05, 3.63) is 46.2 Å². The van der Waals surface area contributed by atoms with E-state index in [0.29, 0.717) is 5.56 Å². The summed E-state index contributed by atoms with van der Waals surface area (Å²) in [6.07, 6.45) is 1.33. The second kappa shape index (κ2) is 6.82. The lowest BCUT2D eigenvalue weighted by molar-refractivity contribution is 0.145. The Labute approximate surface area is 134 Å². The van der Waals surface area contributed by atoms with Gasteiger partial charge in [0.25, 0.3) is 0 Å². The van der Waals surface area contributed by atoms with Gasteiger partial charge in [-0.05, 0) is 53.4 Å². The summed E-state index contributed by atoms with van der Waals surface area (Å²) in [5.74, 6) is 0. The Morgan fingerprint density at radius 2 is 2.14 bits per heavy atom. The molecule has 1 aromatic carbocycles. The lowest BCUT2D eigenvalue weighted by Crippen LogP contribution is -2.36. The van der Waals surface area contributed by atoms with Gasteiger partial charge < -0.3 is 15.3 Å². The van der Waals surface area contributed by atoms with Crippen LogP contribution >= 0.6 is 11.3 Å². The maximum atomic E-state index is 9.60. The average Bonchev–Trinajstić information content (AvgIpc) is 3.07. The molecule has 0 amide bonds. The van der Waals surface area contributed by atoms with Gasteiger partial charge in [-0.25, -0.2) is 0 Å². The van der Waals surface area contributed by atoms with Gasteiger partial charge in [0.05, 0.1) is 17.4 Å². The van der Waals surface area contributed by atoms with E-state index in [1.54, 1.807) is 11.3 Å². The van der Waals surface area contributed by atoms with Crippen molar-refractivity contribution < 1.29 is 5.11 Å². The van der Waals surface area contributed by atoms with Crippen LogP contribution in [0.1, 0.15) is 24.0 Å². The molecule has 114 valence electrons. The number of benzene rings is 1. The van der Waals surface area contributed by atoms with Crippen LogP contribution in [-0.4, -0.2) is 24.3 Å². The van der Waals surface area contributed by atoms with Crippen molar-refractivity contribution >= 4 is 22.7 Å². The van der Waals surface area contributed by atoms with Gasteiger partial charge >= 0.3 is 0 Å². The first-order valence-corrected chi connectivity index (χ1v) is 8.42. The second-order valence-electron chi connectivity index (χ2n) is 5.55. The molecule has 22 heavy (non-hydrogen) atoms. The molecule has 0 spiro atoms. The second-order valence-corrected chi connectivity index (χ2v) is 6.33. The summed E-state index contributed by atoms with van der Waals surface area (Å²) in [6, 6.07) is 10.3. The van der Waals surface area contributed by atoms with Crippen molar-refractivity contribution in [1.29, 1.82) is 5.26 Å². The number of thiophene rings is 1. The molecule has 1 saturated heterocycles.